The van der Waals surface area contributed by atoms with Gasteiger partial charge in [-0.25, -0.2) is 9.37 Å². The fraction of sp³-hybridized carbons (Fsp3) is 0.312. The van der Waals surface area contributed by atoms with Gasteiger partial charge in [-0.2, -0.15) is 0 Å². The van der Waals surface area contributed by atoms with Gasteiger partial charge in [-0.15, -0.1) is 0 Å². The van der Waals surface area contributed by atoms with E-state index in [4.69, 9.17) is 4.74 Å². The number of ether oxygens (including phenoxy) is 1. The molecule has 0 aliphatic heterocycles. The molecule has 1 aromatic carbocycles. The molecule has 20 heavy (non-hydrogen) atoms. The van der Waals surface area contributed by atoms with Crippen LogP contribution in [0.25, 0.3) is 11.1 Å². The third kappa shape index (κ3) is 3.14. The summed E-state index contributed by atoms with van der Waals surface area (Å²) in [5.74, 6) is 0.275. The zero-order chi connectivity index (χ0) is 14.5. The summed E-state index contributed by atoms with van der Waals surface area (Å²) >= 11 is 0. The van der Waals surface area contributed by atoms with Gasteiger partial charge in [0.25, 0.3) is 0 Å². The van der Waals surface area contributed by atoms with Crippen molar-refractivity contribution >= 4 is 0 Å². The average Bonchev–Trinajstić information content (AvgIpc) is 2.47. The number of aromatic nitrogens is 1. The summed E-state index contributed by atoms with van der Waals surface area (Å²) in [4.78, 5) is 4.09. The Labute approximate surface area is 118 Å². The lowest BCUT2D eigenvalue weighted by atomic mass is 9.96. The molecule has 106 valence electrons. The first-order valence-electron chi connectivity index (χ1n) is 6.69. The maximum absolute atomic E-state index is 13.6. The molecule has 0 amide bonds. The van der Waals surface area contributed by atoms with E-state index in [-0.39, 0.29) is 11.9 Å². The molecule has 0 spiro atoms. The topological polar surface area (TPSA) is 34.2 Å². The monoisotopic (exact) mass is 274 g/mol. The van der Waals surface area contributed by atoms with Gasteiger partial charge in [0.15, 0.2) is 0 Å². The van der Waals surface area contributed by atoms with Crippen LogP contribution in [0.15, 0.2) is 36.5 Å². The second-order valence-electron chi connectivity index (χ2n) is 4.60. The van der Waals surface area contributed by atoms with Gasteiger partial charge in [-0.05, 0) is 48.4 Å². The first kappa shape index (κ1) is 14.5. The molecule has 2 rings (SSSR count). The Bertz CT molecular complexity index is 586. The number of halogens is 1. The first-order chi connectivity index (χ1) is 9.65. The largest absolute Gasteiger partial charge is 0.481 e. The molecule has 4 heteroatoms. The van der Waals surface area contributed by atoms with Crippen LogP contribution < -0.4 is 10.1 Å². The number of nitrogens with one attached hydrogen (secondary N) is 1. The maximum atomic E-state index is 13.6. The van der Waals surface area contributed by atoms with Crippen molar-refractivity contribution in [2.45, 2.75) is 19.9 Å². The number of nitrogens with zero attached hydrogens (tertiary/aromatic N) is 1. The molecule has 0 bridgehead atoms. The Balaban J connectivity index is 2.50. The lowest BCUT2D eigenvalue weighted by molar-refractivity contribution is 0.398. The van der Waals surface area contributed by atoms with E-state index in [0.717, 1.165) is 23.2 Å². The second kappa shape index (κ2) is 6.48. The van der Waals surface area contributed by atoms with Crippen LogP contribution in [0.1, 0.15) is 25.5 Å². The maximum Gasteiger partial charge on any atom is 0.213 e. The van der Waals surface area contributed by atoms with E-state index >= 15 is 0 Å². The van der Waals surface area contributed by atoms with Gasteiger partial charge >= 0.3 is 0 Å². The van der Waals surface area contributed by atoms with Crippen LogP contribution in [-0.4, -0.2) is 18.6 Å². The quantitative estimate of drug-likeness (QED) is 0.905. The second-order valence-corrected chi connectivity index (χ2v) is 4.60. The molecular weight excluding hydrogens is 255 g/mol. The van der Waals surface area contributed by atoms with Crippen molar-refractivity contribution in [1.29, 1.82) is 0 Å². The molecule has 1 unspecified atom stereocenters. The molecule has 0 aliphatic rings. The summed E-state index contributed by atoms with van der Waals surface area (Å²) in [6, 6.07) is 8.69. The summed E-state index contributed by atoms with van der Waals surface area (Å²) in [7, 11) is 1.57. The van der Waals surface area contributed by atoms with Gasteiger partial charge in [-0.3, -0.25) is 0 Å². The van der Waals surface area contributed by atoms with Crippen LogP contribution in [0.4, 0.5) is 4.39 Å². The Morgan fingerprint density at radius 1 is 1.30 bits per heavy atom. The molecular formula is C16H19FN2O. The van der Waals surface area contributed by atoms with Crippen LogP contribution in [0.2, 0.25) is 0 Å². The third-order valence-corrected chi connectivity index (χ3v) is 3.25. The molecule has 2 aromatic rings. The zero-order valence-electron chi connectivity index (χ0n) is 12.0. The summed E-state index contributed by atoms with van der Waals surface area (Å²) in [6.07, 6.45) is 1.67. The molecule has 0 aliphatic carbocycles. The predicted octanol–water partition coefficient (Wildman–Crippen LogP) is 3.57. The lowest BCUT2D eigenvalue weighted by Crippen LogP contribution is -2.18. The number of hydrogen-bond acceptors (Lipinski definition) is 3. The summed E-state index contributed by atoms with van der Waals surface area (Å²) in [5.41, 5.74) is 2.82. The highest BCUT2D eigenvalue weighted by Crippen LogP contribution is 2.30. The molecule has 1 aromatic heterocycles. The van der Waals surface area contributed by atoms with Crippen molar-refractivity contribution in [2.75, 3.05) is 13.7 Å². The van der Waals surface area contributed by atoms with Gasteiger partial charge in [-0.1, -0.05) is 13.0 Å². The first-order valence-corrected chi connectivity index (χ1v) is 6.69. The van der Waals surface area contributed by atoms with Crippen molar-refractivity contribution in [1.82, 2.24) is 10.3 Å². The zero-order valence-corrected chi connectivity index (χ0v) is 12.0. The molecule has 0 radical (unpaired) electrons. The smallest absolute Gasteiger partial charge is 0.213 e. The van der Waals surface area contributed by atoms with Crippen LogP contribution in [0.3, 0.4) is 0 Å². The van der Waals surface area contributed by atoms with Gasteiger partial charge in [0.05, 0.1) is 7.11 Å². The number of hydrogen-bond donors (Lipinski definition) is 1. The highest BCUT2D eigenvalue weighted by atomic mass is 19.1. The normalized spacial score (nSPS) is 12.2. The minimum Gasteiger partial charge on any atom is -0.481 e. The third-order valence-electron chi connectivity index (χ3n) is 3.25. The number of pyridine rings is 1. The Morgan fingerprint density at radius 3 is 2.80 bits per heavy atom. The van der Waals surface area contributed by atoms with E-state index in [2.05, 4.69) is 24.1 Å². The fourth-order valence-electron chi connectivity index (χ4n) is 2.26. The number of rotatable bonds is 5. The minimum atomic E-state index is -0.247. The lowest BCUT2D eigenvalue weighted by Gasteiger charge is -2.17. The molecule has 1 atom stereocenters. The molecule has 0 saturated carbocycles. The van der Waals surface area contributed by atoms with E-state index in [9.17, 15) is 4.39 Å². The Kier molecular flexibility index (Phi) is 4.69. The van der Waals surface area contributed by atoms with E-state index < -0.39 is 0 Å². The van der Waals surface area contributed by atoms with E-state index in [1.54, 1.807) is 19.4 Å². The molecule has 3 nitrogen and oxygen atoms in total. The summed E-state index contributed by atoms with van der Waals surface area (Å²) in [6.45, 7) is 4.98. The Morgan fingerprint density at radius 2 is 2.10 bits per heavy atom. The van der Waals surface area contributed by atoms with Gasteiger partial charge in [0.1, 0.15) is 5.82 Å². The fourth-order valence-corrected chi connectivity index (χ4v) is 2.26. The molecule has 0 saturated heterocycles. The number of methoxy groups -OCH3 is 1. The van der Waals surface area contributed by atoms with Crippen molar-refractivity contribution in [2.24, 2.45) is 0 Å². The Hall–Kier alpha value is -1.94. The number of benzene rings is 1. The standard InChI is InChI=1S/C16H19FN2O/c1-4-18-11(2)14-6-5-13(17)10-15(14)12-7-8-19-16(9-12)20-3/h5-11,18H,4H2,1-3H3. The van der Waals surface area contributed by atoms with E-state index in [1.807, 2.05) is 18.2 Å². The highest BCUT2D eigenvalue weighted by Gasteiger charge is 2.13. The molecule has 1 heterocycles. The highest BCUT2D eigenvalue weighted by molar-refractivity contribution is 5.68. The van der Waals surface area contributed by atoms with Gasteiger partial charge in [0, 0.05) is 18.3 Å². The van der Waals surface area contributed by atoms with Crippen LogP contribution in [0, 0.1) is 5.82 Å². The minimum absolute atomic E-state index is 0.148. The summed E-state index contributed by atoms with van der Waals surface area (Å²) < 4.78 is 18.7. The van der Waals surface area contributed by atoms with Gasteiger partial charge < -0.3 is 10.1 Å². The SMILES string of the molecule is CCNC(C)c1ccc(F)cc1-c1ccnc(OC)c1. The summed E-state index contributed by atoms with van der Waals surface area (Å²) in [5, 5.41) is 3.35. The van der Waals surface area contributed by atoms with Crippen LogP contribution >= 0.6 is 0 Å². The molecule has 0 fully saturated rings. The van der Waals surface area contributed by atoms with Crippen molar-refractivity contribution < 1.29 is 9.13 Å². The van der Waals surface area contributed by atoms with Crippen LogP contribution in [-0.2, 0) is 0 Å². The van der Waals surface area contributed by atoms with Gasteiger partial charge in [0.2, 0.25) is 5.88 Å². The van der Waals surface area contributed by atoms with Crippen molar-refractivity contribution in [3.63, 3.8) is 0 Å². The van der Waals surface area contributed by atoms with Crippen molar-refractivity contribution in [3.05, 3.63) is 47.9 Å². The van der Waals surface area contributed by atoms with Crippen molar-refractivity contribution in [3.8, 4) is 17.0 Å². The predicted molar refractivity (Wildman–Crippen MR) is 78.3 cm³/mol. The van der Waals surface area contributed by atoms with E-state index in [1.165, 1.54) is 6.07 Å². The van der Waals surface area contributed by atoms with E-state index in [0.29, 0.717) is 5.88 Å². The van der Waals surface area contributed by atoms with Crippen LogP contribution in [0.5, 0.6) is 5.88 Å². The average molecular weight is 274 g/mol. The molecule has 1 N–H and O–H groups in total.